The normalized spacial score (nSPS) is 11.2. The van der Waals surface area contributed by atoms with Gasteiger partial charge >= 0.3 is 126 Å². The quantitative estimate of drug-likeness (QED) is 0.468. The second-order valence-electron chi connectivity index (χ2n) is 4.36. The Bertz CT molecular complexity index is 610. The molecule has 20 heavy (non-hydrogen) atoms. The van der Waals surface area contributed by atoms with Gasteiger partial charge in [0.05, 0.1) is 0 Å². The van der Waals surface area contributed by atoms with Gasteiger partial charge in [0, 0.05) is 0 Å². The molecule has 100 valence electrons. The molecule has 0 saturated carbocycles. The van der Waals surface area contributed by atoms with Crippen molar-refractivity contribution in [2.24, 2.45) is 0 Å². The molecule has 0 fully saturated rings. The number of benzene rings is 2. The SMILES string of the molecule is Cc1ccc(/C=C/C=C/C(=O)[Se]c2ccccc2)cc1. The minimum absolute atomic E-state index is 0.130. The Morgan fingerprint density at radius 2 is 1.65 bits per heavy atom. The van der Waals surface area contributed by atoms with Crippen LogP contribution in [0.3, 0.4) is 0 Å². The van der Waals surface area contributed by atoms with E-state index in [9.17, 15) is 4.79 Å². The van der Waals surface area contributed by atoms with Gasteiger partial charge in [-0.2, -0.15) is 0 Å². The van der Waals surface area contributed by atoms with Crippen LogP contribution in [0.15, 0.2) is 72.8 Å². The minimum atomic E-state index is -0.130. The van der Waals surface area contributed by atoms with Crippen LogP contribution in [0.1, 0.15) is 11.1 Å². The van der Waals surface area contributed by atoms with Crippen molar-refractivity contribution < 1.29 is 4.79 Å². The van der Waals surface area contributed by atoms with E-state index in [-0.39, 0.29) is 19.6 Å². The predicted octanol–water partition coefficient (Wildman–Crippen LogP) is 3.12. The van der Waals surface area contributed by atoms with E-state index in [1.54, 1.807) is 6.08 Å². The number of carbonyl (C=O) groups excluding carboxylic acids is 1. The summed E-state index contributed by atoms with van der Waals surface area (Å²) in [4.78, 5) is 11.8. The van der Waals surface area contributed by atoms with Gasteiger partial charge in [0.2, 0.25) is 0 Å². The molecule has 0 N–H and O–H groups in total. The van der Waals surface area contributed by atoms with Gasteiger partial charge < -0.3 is 0 Å². The zero-order chi connectivity index (χ0) is 14.2. The fourth-order valence-corrected chi connectivity index (χ4v) is 3.03. The maximum absolute atomic E-state index is 11.8. The van der Waals surface area contributed by atoms with Crippen LogP contribution >= 0.6 is 0 Å². The summed E-state index contributed by atoms with van der Waals surface area (Å²) in [5.41, 5.74) is 2.39. The maximum atomic E-state index is 11.8. The van der Waals surface area contributed by atoms with Gasteiger partial charge in [-0.3, -0.25) is 0 Å². The van der Waals surface area contributed by atoms with Crippen molar-refractivity contribution in [2.75, 3.05) is 0 Å². The van der Waals surface area contributed by atoms with Gasteiger partial charge in [-0.15, -0.1) is 0 Å². The summed E-state index contributed by atoms with van der Waals surface area (Å²) in [5, 5.41) is 0. The number of aryl methyl sites for hydroxylation is 1. The van der Waals surface area contributed by atoms with Crippen molar-refractivity contribution >= 4 is 30.2 Å². The van der Waals surface area contributed by atoms with Crippen molar-refractivity contribution in [3.63, 3.8) is 0 Å². The molecule has 0 aromatic heterocycles. The molecule has 0 atom stereocenters. The van der Waals surface area contributed by atoms with Crippen molar-refractivity contribution in [3.8, 4) is 0 Å². The first-order chi connectivity index (χ1) is 9.74. The Kier molecular flexibility index (Phi) is 5.54. The van der Waals surface area contributed by atoms with Crippen LogP contribution in [-0.4, -0.2) is 19.6 Å². The summed E-state index contributed by atoms with van der Waals surface area (Å²) in [6.07, 6.45) is 7.37. The van der Waals surface area contributed by atoms with Gasteiger partial charge in [-0.25, -0.2) is 0 Å². The van der Waals surface area contributed by atoms with Gasteiger partial charge in [0.15, 0.2) is 0 Å². The van der Waals surface area contributed by atoms with E-state index in [4.69, 9.17) is 0 Å². The first-order valence-corrected chi connectivity index (χ1v) is 8.13. The number of allylic oxidation sites excluding steroid dienone is 3. The van der Waals surface area contributed by atoms with Crippen LogP contribution in [0.4, 0.5) is 0 Å². The van der Waals surface area contributed by atoms with E-state index in [0.717, 1.165) is 10.0 Å². The third-order valence-corrected chi connectivity index (χ3v) is 4.44. The van der Waals surface area contributed by atoms with Crippen molar-refractivity contribution in [3.05, 3.63) is 84.0 Å². The van der Waals surface area contributed by atoms with Gasteiger partial charge in [0.25, 0.3) is 0 Å². The zero-order valence-corrected chi connectivity index (χ0v) is 13.0. The Labute approximate surface area is 126 Å². The average molecular weight is 327 g/mol. The molecular weight excluding hydrogens is 311 g/mol. The molecule has 1 nitrogen and oxygen atoms in total. The summed E-state index contributed by atoms with van der Waals surface area (Å²) in [7, 11) is 0. The van der Waals surface area contributed by atoms with E-state index in [1.807, 2.05) is 48.6 Å². The van der Waals surface area contributed by atoms with E-state index in [1.165, 1.54) is 5.56 Å². The average Bonchev–Trinajstić information content (AvgIpc) is 2.46. The molecule has 0 bridgehead atoms. The zero-order valence-electron chi connectivity index (χ0n) is 11.3. The van der Waals surface area contributed by atoms with Crippen LogP contribution in [0.5, 0.6) is 0 Å². The van der Waals surface area contributed by atoms with Gasteiger partial charge in [-0.1, -0.05) is 0 Å². The standard InChI is InChI=1S/C18H16OSe/c1-15-11-13-16(14-12-15)7-5-6-10-18(19)20-17-8-3-2-4-9-17/h2-14H,1H3/b7-5+,10-6+. The molecule has 2 rings (SSSR count). The molecule has 0 aliphatic rings. The van der Waals surface area contributed by atoms with Crippen LogP contribution < -0.4 is 4.46 Å². The molecular formula is C18H16OSe. The molecule has 0 amide bonds. The second-order valence-corrected chi connectivity index (χ2v) is 6.62. The predicted molar refractivity (Wildman–Crippen MR) is 86.2 cm³/mol. The van der Waals surface area contributed by atoms with Gasteiger partial charge in [0.1, 0.15) is 0 Å². The molecule has 0 heterocycles. The first-order valence-electron chi connectivity index (χ1n) is 6.42. The molecule has 0 unspecified atom stereocenters. The van der Waals surface area contributed by atoms with E-state index >= 15 is 0 Å². The van der Waals surface area contributed by atoms with Crippen LogP contribution in [0.2, 0.25) is 0 Å². The summed E-state index contributed by atoms with van der Waals surface area (Å²) in [6.45, 7) is 2.07. The second kappa shape index (κ2) is 7.64. The Morgan fingerprint density at radius 3 is 2.35 bits per heavy atom. The van der Waals surface area contributed by atoms with Crippen LogP contribution in [0, 0.1) is 6.92 Å². The monoisotopic (exact) mass is 328 g/mol. The third kappa shape index (κ3) is 5.00. The Balaban J connectivity index is 1.86. The fourth-order valence-electron chi connectivity index (χ4n) is 1.62. The Hall–Kier alpha value is -1.89. The summed E-state index contributed by atoms with van der Waals surface area (Å²) < 4.78 is 1.29. The molecule has 0 aliphatic carbocycles. The number of hydrogen-bond donors (Lipinski definition) is 0. The number of rotatable bonds is 5. The summed E-state index contributed by atoms with van der Waals surface area (Å²) >= 11 is -0.130. The van der Waals surface area contributed by atoms with E-state index in [2.05, 4.69) is 31.2 Å². The molecule has 0 radical (unpaired) electrons. The molecule has 0 spiro atoms. The molecule has 2 aromatic rings. The number of carbonyl (C=O) groups is 1. The van der Waals surface area contributed by atoms with Crippen molar-refractivity contribution in [2.45, 2.75) is 6.92 Å². The summed E-state index contributed by atoms with van der Waals surface area (Å²) in [6, 6.07) is 18.2. The van der Waals surface area contributed by atoms with E-state index in [0.29, 0.717) is 0 Å². The molecule has 0 saturated heterocycles. The van der Waals surface area contributed by atoms with Crippen molar-refractivity contribution in [1.82, 2.24) is 0 Å². The number of hydrogen-bond acceptors (Lipinski definition) is 1. The molecule has 2 heteroatoms. The molecule has 2 aromatic carbocycles. The Morgan fingerprint density at radius 1 is 0.950 bits per heavy atom. The third-order valence-electron chi connectivity index (χ3n) is 2.67. The van der Waals surface area contributed by atoms with E-state index < -0.39 is 0 Å². The topological polar surface area (TPSA) is 17.1 Å². The summed E-state index contributed by atoms with van der Waals surface area (Å²) in [5.74, 6) is 0. The van der Waals surface area contributed by atoms with Crippen LogP contribution in [0.25, 0.3) is 6.08 Å². The fraction of sp³-hybridized carbons (Fsp3) is 0.0556. The molecule has 0 aliphatic heterocycles. The van der Waals surface area contributed by atoms with Crippen LogP contribution in [-0.2, 0) is 4.79 Å². The first kappa shape index (κ1) is 14.5. The van der Waals surface area contributed by atoms with Gasteiger partial charge in [-0.05, 0) is 0 Å². The van der Waals surface area contributed by atoms with Crippen molar-refractivity contribution in [1.29, 1.82) is 0 Å².